The van der Waals surface area contributed by atoms with E-state index in [1.54, 1.807) is 6.92 Å². The number of nitrogens with zero attached hydrogens (tertiary/aromatic N) is 2. The summed E-state index contributed by atoms with van der Waals surface area (Å²) in [6, 6.07) is 7.85. The summed E-state index contributed by atoms with van der Waals surface area (Å²) in [5.41, 5.74) is 4.38. The van der Waals surface area contributed by atoms with Gasteiger partial charge in [0.05, 0.1) is 6.61 Å². The second-order valence-electron chi connectivity index (χ2n) is 4.34. The Morgan fingerprint density at radius 2 is 2.10 bits per heavy atom. The molecule has 0 aliphatic rings. The molecule has 1 amide bonds. The third-order valence-corrected chi connectivity index (χ3v) is 2.67. The lowest BCUT2D eigenvalue weighted by atomic mass is 10.1. The summed E-state index contributed by atoms with van der Waals surface area (Å²) in [5.74, 6) is 0.763. The third kappa shape index (κ3) is 3.89. The highest BCUT2D eigenvalue weighted by Crippen LogP contribution is 2.16. The number of amides is 1. The molecule has 0 aliphatic carbocycles. The van der Waals surface area contributed by atoms with Crippen molar-refractivity contribution in [3.05, 3.63) is 35.7 Å². The van der Waals surface area contributed by atoms with Crippen molar-refractivity contribution in [2.75, 3.05) is 6.61 Å². The lowest BCUT2D eigenvalue weighted by Gasteiger charge is -2.00. The number of hydrogen-bond acceptors (Lipinski definition) is 5. The molecule has 0 spiro atoms. The molecular weight excluding hydrogens is 258 g/mol. The van der Waals surface area contributed by atoms with Crippen LogP contribution in [0.15, 0.2) is 28.8 Å². The van der Waals surface area contributed by atoms with E-state index in [4.69, 9.17) is 9.36 Å². The van der Waals surface area contributed by atoms with Crippen LogP contribution in [-0.2, 0) is 16.1 Å². The van der Waals surface area contributed by atoms with Gasteiger partial charge in [0.25, 0.3) is 0 Å². The zero-order chi connectivity index (χ0) is 14.4. The SMILES string of the molecule is CCONC(=O)CCc1nc(-c2ccc(C)cc2)no1. The van der Waals surface area contributed by atoms with Gasteiger partial charge in [-0.2, -0.15) is 4.98 Å². The van der Waals surface area contributed by atoms with Crippen molar-refractivity contribution in [3.8, 4) is 11.4 Å². The predicted molar refractivity (Wildman–Crippen MR) is 72.6 cm³/mol. The van der Waals surface area contributed by atoms with Crippen molar-refractivity contribution in [2.24, 2.45) is 0 Å². The molecule has 20 heavy (non-hydrogen) atoms. The molecule has 0 atom stereocenters. The molecule has 0 aliphatic heterocycles. The van der Waals surface area contributed by atoms with E-state index in [0.29, 0.717) is 24.7 Å². The summed E-state index contributed by atoms with van der Waals surface area (Å²) >= 11 is 0. The largest absolute Gasteiger partial charge is 0.339 e. The van der Waals surface area contributed by atoms with E-state index < -0.39 is 0 Å². The summed E-state index contributed by atoms with van der Waals surface area (Å²) in [6.07, 6.45) is 0.632. The van der Waals surface area contributed by atoms with Crippen LogP contribution in [0.25, 0.3) is 11.4 Å². The number of benzene rings is 1. The van der Waals surface area contributed by atoms with Gasteiger partial charge in [0.1, 0.15) is 0 Å². The highest BCUT2D eigenvalue weighted by Gasteiger charge is 2.10. The van der Waals surface area contributed by atoms with Crippen LogP contribution in [0.4, 0.5) is 0 Å². The molecule has 2 rings (SSSR count). The number of carbonyl (C=O) groups excluding carboxylic acids is 1. The van der Waals surface area contributed by atoms with Crippen LogP contribution >= 0.6 is 0 Å². The van der Waals surface area contributed by atoms with Crippen molar-refractivity contribution in [1.82, 2.24) is 15.6 Å². The van der Waals surface area contributed by atoms with Crippen LogP contribution in [0, 0.1) is 6.92 Å². The minimum absolute atomic E-state index is 0.207. The van der Waals surface area contributed by atoms with Gasteiger partial charge in [-0.1, -0.05) is 35.0 Å². The molecule has 106 valence electrons. The van der Waals surface area contributed by atoms with E-state index in [1.165, 1.54) is 5.56 Å². The Hall–Kier alpha value is -2.21. The first-order valence-electron chi connectivity index (χ1n) is 6.49. The Morgan fingerprint density at radius 1 is 1.35 bits per heavy atom. The molecule has 2 aromatic rings. The average Bonchev–Trinajstić information content (AvgIpc) is 2.92. The lowest BCUT2D eigenvalue weighted by molar-refractivity contribution is -0.133. The predicted octanol–water partition coefficient (Wildman–Crippen LogP) is 2.05. The van der Waals surface area contributed by atoms with Crippen LogP contribution in [0.2, 0.25) is 0 Å². The summed E-state index contributed by atoms with van der Waals surface area (Å²) in [5, 5.41) is 3.91. The first-order chi connectivity index (χ1) is 9.69. The van der Waals surface area contributed by atoms with Crippen LogP contribution in [0.1, 0.15) is 24.8 Å². The van der Waals surface area contributed by atoms with E-state index in [2.05, 4.69) is 15.6 Å². The van der Waals surface area contributed by atoms with E-state index in [9.17, 15) is 4.79 Å². The standard InChI is InChI=1S/C14H17N3O3/c1-3-19-16-12(18)8-9-13-15-14(17-20-13)11-6-4-10(2)5-7-11/h4-7H,3,8-9H2,1-2H3,(H,16,18). The summed E-state index contributed by atoms with van der Waals surface area (Å²) in [7, 11) is 0. The fourth-order valence-electron chi connectivity index (χ4n) is 1.60. The van der Waals surface area contributed by atoms with Gasteiger partial charge in [-0.3, -0.25) is 9.63 Å². The summed E-state index contributed by atoms with van der Waals surface area (Å²) in [6.45, 7) is 4.25. The summed E-state index contributed by atoms with van der Waals surface area (Å²) < 4.78 is 5.12. The smallest absolute Gasteiger partial charge is 0.244 e. The zero-order valence-corrected chi connectivity index (χ0v) is 11.5. The highest BCUT2D eigenvalue weighted by atomic mass is 16.6. The molecule has 1 heterocycles. The fraction of sp³-hybridized carbons (Fsp3) is 0.357. The topological polar surface area (TPSA) is 77.2 Å². The maximum Gasteiger partial charge on any atom is 0.244 e. The molecule has 0 radical (unpaired) electrons. The molecule has 6 heteroatoms. The zero-order valence-electron chi connectivity index (χ0n) is 11.5. The van der Waals surface area contributed by atoms with Gasteiger partial charge >= 0.3 is 0 Å². The molecule has 0 bridgehead atoms. The molecule has 0 unspecified atom stereocenters. The normalized spacial score (nSPS) is 10.5. The quantitative estimate of drug-likeness (QED) is 0.816. The molecule has 0 saturated carbocycles. The first kappa shape index (κ1) is 14.2. The Bertz CT molecular complexity index is 563. The van der Waals surface area contributed by atoms with E-state index >= 15 is 0 Å². The van der Waals surface area contributed by atoms with Crippen LogP contribution in [-0.4, -0.2) is 22.7 Å². The molecule has 0 saturated heterocycles. The number of nitrogens with one attached hydrogen (secondary N) is 1. The Morgan fingerprint density at radius 3 is 2.80 bits per heavy atom. The molecule has 1 N–H and O–H groups in total. The average molecular weight is 275 g/mol. The van der Waals surface area contributed by atoms with Gasteiger partial charge in [-0.15, -0.1) is 0 Å². The van der Waals surface area contributed by atoms with Crippen molar-refractivity contribution < 1.29 is 14.2 Å². The van der Waals surface area contributed by atoms with E-state index in [0.717, 1.165) is 5.56 Å². The third-order valence-electron chi connectivity index (χ3n) is 2.67. The maximum atomic E-state index is 11.4. The van der Waals surface area contributed by atoms with E-state index in [1.807, 2.05) is 31.2 Å². The number of aromatic nitrogens is 2. The summed E-state index contributed by atoms with van der Waals surface area (Å²) in [4.78, 5) is 20.4. The highest BCUT2D eigenvalue weighted by molar-refractivity contribution is 5.74. The Balaban J connectivity index is 1.92. The number of carbonyl (C=O) groups is 1. The van der Waals surface area contributed by atoms with Crippen LogP contribution in [0.5, 0.6) is 0 Å². The molecule has 0 fully saturated rings. The van der Waals surface area contributed by atoms with Crippen molar-refractivity contribution in [3.63, 3.8) is 0 Å². The van der Waals surface area contributed by atoms with Gasteiger partial charge < -0.3 is 4.52 Å². The molecule has 1 aromatic heterocycles. The van der Waals surface area contributed by atoms with E-state index in [-0.39, 0.29) is 12.3 Å². The number of rotatable bonds is 6. The fourth-order valence-corrected chi connectivity index (χ4v) is 1.60. The van der Waals surface area contributed by atoms with Crippen molar-refractivity contribution >= 4 is 5.91 Å². The van der Waals surface area contributed by atoms with Gasteiger partial charge in [-0.25, -0.2) is 5.48 Å². The van der Waals surface area contributed by atoms with Gasteiger partial charge in [0.15, 0.2) is 0 Å². The monoisotopic (exact) mass is 275 g/mol. The Kier molecular flexibility index (Phi) is 4.84. The number of hydrogen-bond donors (Lipinski definition) is 1. The number of hydroxylamine groups is 1. The first-order valence-corrected chi connectivity index (χ1v) is 6.49. The number of aryl methyl sites for hydroxylation is 2. The lowest BCUT2D eigenvalue weighted by Crippen LogP contribution is -2.23. The second-order valence-corrected chi connectivity index (χ2v) is 4.34. The van der Waals surface area contributed by atoms with Crippen molar-refractivity contribution in [2.45, 2.75) is 26.7 Å². The van der Waals surface area contributed by atoms with Gasteiger partial charge in [0, 0.05) is 18.4 Å². The maximum absolute atomic E-state index is 11.4. The van der Waals surface area contributed by atoms with Gasteiger partial charge in [-0.05, 0) is 13.8 Å². The second kappa shape index (κ2) is 6.81. The minimum Gasteiger partial charge on any atom is -0.339 e. The molecule has 1 aromatic carbocycles. The van der Waals surface area contributed by atoms with Crippen molar-refractivity contribution in [1.29, 1.82) is 0 Å². The van der Waals surface area contributed by atoms with Crippen LogP contribution < -0.4 is 5.48 Å². The van der Waals surface area contributed by atoms with Crippen LogP contribution in [0.3, 0.4) is 0 Å². The molecular formula is C14H17N3O3. The minimum atomic E-state index is -0.207. The van der Waals surface area contributed by atoms with Gasteiger partial charge in [0.2, 0.25) is 17.6 Å². The molecule has 6 nitrogen and oxygen atoms in total. The Labute approximate surface area is 117 Å².